The zero-order valence-corrected chi connectivity index (χ0v) is 17.0. The normalized spacial score (nSPS) is 16.9. The Morgan fingerprint density at radius 2 is 1.86 bits per heavy atom. The van der Waals surface area contributed by atoms with Crippen LogP contribution in [0.1, 0.15) is 48.5 Å². The van der Waals surface area contributed by atoms with Gasteiger partial charge in [-0.25, -0.2) is 8.42 Å². The molecule has 1 aliphatic heterocycles. The van der Waals surface area contributed by atoms with Crippen molar-refractivity contribution >= 4 is 21.6 Å². The van der Waals surface area contributed by atoms with Crippen LogP contribution in [-0.2, 0) is 14.8 Å². The van der Waals surface area contributed by atoms with Crippen molar-refractivity contribution in [3.8, 4) is 0 Å². The summed E-state index contributed by atoms with van der Waals surface area (Å²) in [6.45, 7) is 5.23. The molecule has 1 atom stereocenters. The van der Waals surface area contributed by atoms with Crippen molar-refractivity contribution in [2.24, 2.45) is 0 Å². The number of sulfonamides is 1. The highest BCUT2D eigenvalue weighted by Crippen LogP contribution is 2.22. The summed E-state index contributed by atoms with van der Waals surface area (Å²) in [5.74, 6) is -0.0121. The number of ether oxygens (including phenoxy) is 1. The molecule has 1 heterocycles. The van der Waals surface area contributed by atoms with Gasteiger partial charge in [-0.15, -0.1) is 0 Å². The first-order valence-corrected chi connectivity index (χ1v) is 11.0. The molecule has 2 aromatic carbocycles. The van der Waals surface area contributed by atoms with Gasteiger partial charge in [-0.2, -0.15) is 0 Å². The third kappa shape index (κ3) is 4.91. The predicted molar refractivity (Wildman–Crippen MR) is 109 cm³/mol. The molecule has 0 aromatic heterocycles. The van der Waals surface area contributed by atoms with Crippen LogP contribution in [0.15, 0.2) is 53.4 Å². The van der Waals surface area contributed by atoms with Gasteiger partial charge in [0.05, 0.1) is 22.3 Å². The van der Waals surface area contributed by atoms with E-state index in [0.717, 1.165) is 18.4 Å². The zero-order valence-electron chi connectivity index (χ0n) is 16.1. The standard InChI is InChI=1S/C21H26N2O4S/c1-15(2)16-9-11-18(12-10-16)28(25,26)23-20-8-4-3-7-19(20)21(24)22-14-17-6-5-13-27-17/h3-4,7-12,15,17,23H,5-6,13-14H2,1-2H3,(H,22,24)/t17-/m0/s1. The minimum absolute atomic E-state index is 0.0206. The second kappa shape index (κ2) is 8.75. The van der Waals surface area contributed by atoms with Crippen LogP contribution in [0.4, 0.5) is 5.69 Å². The molecule has 3 rings (SSSR count). The summed E-state index contributed by atoms with van der Waals surface area (Å²) >= 11 is 0. The van der Waals surface area contributed by atoms with Crippen molar-refractivity contribution in [2.45, 2.75) is 43.6 Å². The maximum atomic E-state index is 12.8. The van der Waals surface area contributed by atoms with Gasteiger partial charge in [0.1, 0.15) is 0 Å². The summed E-state index contributed by atoms with van der Waals surface area (Å²) in [6.07, 6.45) is 1.93. The van der Waals surface area contributed by atoms with E-state index in [2.05, 4.69) is 10.0 Å². The van der Waals surface area contributed by atoms with E-state index in [1.807, 2.05) is 13.8 Å². The van der Waals surface area contributed by atoms with E-state index >= 15 is 0 Å². The first kappa shape index (κ1) is 20.4. The minimum Gasteiger partial charge on any atom is -0.376 e. The van der Waals surface area contributed by atoms with Gasteiger partial charge < -0.3 is 10.1 Å². The Kier molecular flexibility index (Phi) is 6.36. The fourth-order valence-corrected chi connectivity index (χ4v) is 4.19. The molecule has 7 heteroatoms. The minimum atomic E-state index is -3.80. The monoisotopic (exact) mass is 402 g/mol. The Balaban J connectivity index is 1.75. The topological polar surface area (TPSA) is 84.5 Å². The Hall–Kier alpha value is -2.38. The third-order valence-corrected chi connectivity index (χ3v) is 6.17. The summed E-state index contributed by atoms with van der Waals surface area (Å²) in [5.41, 5.74) is 1.59. The van der Waals surface area contributed by atoms with Gasteiger partial charge in [-0.05, 0) is 48.6 Å². The number of hydrogen-bond donors (Lipinski definition) is 2. The fourth-order valence-electron chi connectivity index (χ4n) is 3.11. The number of benzene rings is 2. The average Bonchev–Trinajstić information content (AvgIpc) is 3.20. The number of carbonyl (C=O) groups excluding carboxylic acids is 1. The summed E-state index contributed by atoms with van der Waals surface area (Å²) < 4.78 is 33.6. The molecule has 2 N–H and O–H groups in total. The molecule has 1 aliphatic rings. The average molecular weight is 403 g/mol. The summed E-state index contributed by atoms with van der Waals surface area (Å²) in [4.78, 5) is 12.7. The lowest BCUT2D eigenvalue weighted by Gasteiger charge is -2.15. The van der Waals surface area contributed by atoms with Crippen LogP contribution in [0.3, 0.4) is 0 Å². The van der Waals surface area contributed by atoms with Crippen LogP contribution in [0, 0.1) is 0 Å². The molecule has 6 nitrogen and oxygen atoms in total. The largest absolute Gasteiger partial charge is 0.376 e. The van der Waals surface area contributed by atoms with Crippen molar-refractivity contribution in [1.29, 1.82) is 0 Å². The van der Waals surface area contributed by atoms with E-state index < -0.39 is 10.0 Å². The van der Waals surface area contributed by atoms with Crippen LogP contribution in [0.5, 0.6) is 0 Å². The van der Waals surface area contributed by atoms with E-state index in [4.69, 9.17) is 4.74 Å². The fraction of sp³-hybridized carbons (Fsp3) is 0.381. The Bertz CT molecular complexity index is 918. The number of anilines is 1. The van der Waals surface area contributed by atoms with E-state index in [0.29, 0.717) is 19.1 Å². The van der Waals surface area contributed by atoms with Crippen molar-refractivity contribution in [1.82, 2.24) is 5.32 Å². The molecule has 150 valence electrons. The molecule has 1 saturated heterocycles. The smallest absolute Gasteiger partial charge is 0.261 e. The first-order chi connectivity index (χ1) is 13.4. The summed E-state index contributed by atoms with van der Waals surface area (Å²) in [6, 6.07) is 13.4. The van der Waals surface area contributed by atoms with Gasteiger partial charge in [0.15, 0.2) is 0 Å². The van der Waals surface area contributed by atoms with Gasteiger partial charge >= 0.3 is 0 Å². The van der Waals surface area contributed by atoms with Crippen LogP contribution in [-0.4, -0.2) is 33.6 Å². The zero-order chi connectivity index (χ0) is 20.1. The molecule has 0 unspecified atom stereocenters. The molecule has 2 aromatic rings. The van der Waals surface area contributed by atoms with E-state index in [-0.39, 0.29) is 28.2 Å². The molecular formula is C21H26N2O4S. The maximum Gasteiger partial charge on any atom is 0.261 e. The lowest BCUT2D eigenvalue weighted by atomic mass is 10.0. The molecule has 1 amide bonds. The molecule has 0 bridgehead atoms. The molecule has 0 saturated carbocycles. The van der Waals surface area contributed by atoms with Gasteiger partial charge in [-0.3, -0.25) is 9.52 Å². The molecule has 0 spiro atoms. The van der Waals surface area contributed by atoms with Gasteiger partial charge in [0.25, 0.3) is 15.9 Å². The Morgan fingerprint density at radius 3 is 2.50 bits per heavy atom. The van der Waals surface area contributed by atoms with Crippen LogP contribution >= 0.6 is 0 Å². The van der Waals surface area contributed by atoms with Crippen molar-refractivity contribution in [2.75, 3.05) is 17.9 Å². The lowest BCUT2D eigenvalue weighted by Crippen LogP contribution is -2.32. The SMILES string of the molecule is CC(C)c1ccc(S(=O)(=O)Nc2ccccc2C(=O)NC[C@@H]2CCCO2)cc1. The van der Waals surface area contributed by atoms with Crippen LogP contribution in [0.2, 0.25) is 0 Å². The maximum absolute atomic E-state index is 12.8. The third-order valence-electron chi connectivity index (χ3n) is 4.79. The molecule has 1 fully saturated rings. The number of carbonyl (C=O) groups is 1. The number of rotatable bonds is 7. The van der Waals surface area contributed by atoms with Gasteiger partial charge in [0, 0.05) is 13.2 Å². The van der Waals surface area contributed by atoms with Crippen molar-refractivity contribution < 1.29 is 17.9 Å². The first-order valence-electron chi connectivity index (χ1n) is 9.48. The predicted octanol–water partition coefficient (Wildman–Crippen LogP) is 3.52. The molecular weight excluding hydrogens is 376 g/mol. The van der Waals surface area contributed by atoms with Gasteiger partial charge in [0.2, 0.25) is 0 Å². The summed E-state index contributed by atoms with van der Waals surface area (Å²) in [7, 11) is -3.80. The second-order valence-corrected chi connectivity index (χ2v) is 8.90. The molecule has 0 aliphatic carbocycles. The number of nitrogens with one attached hydrogen (secondary N) is 2. The highest BCUT2D eigenvalue weighted by Gasteiger charge is 2.20. The summed E-state index contributed by atoms with van der Waals surface area (Å²) in [5, 5.41) is 2.83. The Labute approximate surface area is 166 Å². The Morgan fingerprint density at radius 1 is 1.14 bits per heavy atom. The lowest BCUT2D eigenvalue weighted by molar-refractivity contribution is 0.0858. The van der Waals surface area contributed by atoms with Crippen LogP contribution < -0.4 is 10.0 Å². The highest BCUT2D eigenvalue weighted by atomic mass is 32.2. The number of para-hydroxylation sites is 1. The van der Waals surface area contributed by atoms with Crippen molar-refractivity contribution in [3.05, 3.63) is 59.7 Å². The van der Waals surface area contributed by atoms with Crippen molar-refractivity contribution in [3.63, 3.8) is 0 Å². The van der Waals surface area contributed by atoms with Crippen LogP contribution in [0.25, 0.3) is 0 Å². The van der Waals surface area contributed by atoms with Gasteiger partial charge in [-0.1, -0.05) is 38.1 Å². The van der Waals surface area contributed by atoms with E-state index in [1.165, 1.54) is 0 Å². The van der Waals surface area contributed by atoms with E-state index in [9.17, 15) is 13.2 Å². The number of amides is 1. The highest BCUT2D eigenvalue weighted by molar-refractivity contribution is 7.92. The quantitative estimate of drug-likeness (QED) is 0.742. The molecule has 28 heavy (non-hydrogen) atoms. The molecule has 0 radical (unpaired) electrons. The second-order valence-electron chi connectivity index (χ2n) is 7.22. The number of hydrogen-bond acceptors (Lipinski definition) is 4. The van der Waals surface area contributed by atoms with E-state index in [1.54, 1.807) is 48.5 Å².